The van der Waals surface area contributed by atoms with Crippen LogP contribution in [0.25, 0.3) is 20.4 Å². The van der Waals surface area contributed by atoms with E-state index in [0.717, 1.165) is 21.5 Å². The number of hydrogen-bond acceptors (Lipinski definition) is 7. The van der Waals surface area contributed by atoms with E-state index in [1.807, 2.05) is 19.9 Å². The van der Waals surface area contributed by atoms with Gasteiger partial charge in [-0.05, 0) is 51.1 Å². The highest BCUT2D eigenvalue weighted by Crippen LogP contribution is 2.34. The van der Waals surface area contributed by atoms with Crippen LogP contribution < -0.4 is 15.6 Å². The van der Waals surface area contributed by atoms with Crippen molar-refractivity contribution < 1.29 is 14.3 Å². The van der Waals surface area contributed by atoms with Gasteiger partial charge in [-0.15, -0.1) is 11.3 Å². The highest BCUT2D eigenvalue weighted by molar-refractivity contribution is 7.25. The molecule has 1 aliphatic rings. The minimum absolute atomic E-state index is 0.255. The molecule has 33 heavy (non-hydrogen) atoms. The molecular formula is C24H24N4O4S. The molecular weight excluding hydrogens is 440 g/mol. The van der Waals surface area contributed by atoms with Crippen LogP contribution in [0.5, 0.6) is 5.75 Å². The number of nitrogens with one attached hydrogen (secondary N) is 1. The quantitative estimate of drug-likeness (QED) is 0.489. The predicted molar refractivity (Wildman–Crippen MR) is 128 cm³/mol. The van der Waals surface area contributed by atoms with Gasteiger partial charge in [-0.2, -0.15) is 0 Å². The van der Waals surface area contributed by atoms with Crippen molar-refractivity contribution in [1.29, 1.82) is 0 Å². The summed E-state index contributed by atoms with van der Waals surface area (Å²) < 4.78 is 12.9. The number of pyridine rings is 1. The van der Waals surface area contributed by atoms with Crippen LogP contribution in [0.3, 0.4) is 0 Å². The molecule has 4 aromatic rings. The molecule has 1 amide bonds. The summed E-state index contributed by atoms with van der Waals surface area (Å²) in [6.07, 6.45) is 2.15. The zero-order valence-electron chi connectivity index (χ0n) is 18.8. The summed E-state index contributed by atoms with van der Waals surface area (Å²) in [5.41, 5.74) is 2.74. The molecule has 8 nitrogen and oxygen atoms in total. The molecule has 170 valence electrons. The van der Waals surface area contributed by atoms with Crippen molar-refractivity contribution in [2.24, 2.45) is 0 Å². The van der Waals surface area contributed by atoms with Crippen molar-refractivity contribution in [3.8, 4) is 5.75 Å². The maximum absolute atomic E-state index is 13.3. The summed E-state index contributed by atoms with van der Waals surface area (Å²) in [4.78, 5) is 36.2. The standard InChI is InChI=1S/C24H24N4O4S/c1-13(21(29)26-15-5-7-16(31-4)8-6-15)28-12-25-19-17-9-14-11-32-24(2,3)10-18(14)27-22(17)33-20(19)23(28)30/h5-9,12-13H,10-11H2,1-4H3,(H,26,29)/t13-/m0/s1. The zero-order valence-corrected chi connectivity index (χ0v) is 19.7. The van der Waals surface area contributed by atoms with Crippen LogP contribution in [0.15, 0.2) is 41.5 Å². The number of amides is 1. The fourth-order valence-electron chi connectivity index (χ4n) is 3.98. The molecule has 1 atom stereocenters. The van der Waals surface area contributed by atoms with Gasteiger partial charge in [0.25, 0.3) is 5.56 Å². The molecule has 0 saturated carbocycles. The lowest BCUT2D eigenvalue weighted by Gasteiger charge is -2.30. The van der Waals surface area contributed by atoms with Crippen LogP contribution in [0, 0.1) is 0 Å². The first-order valence-electron chi connectivity index (χ1n) is 10.7. The Balaban J connectivity index is 1.48. The lowest BCUT2D eigenvalue weighted by atomic mass is 9.95. The third-order valence-electron chi connectivity index (χ3n) is 5.93. The van der Waals surface area contributed by atoms with Gasteiger partial charge in [-0.25, -0.2) is 9.97 Å². The van der Waals surface area contributed by atoms with E-state index in [0.29, 0.717) is 34.7 Å². The maximum Gasteiger partial charge on any atom is 0.272 e. The molecule has 5 rings (SSSR count). The molecule has 9 heteroatoms. The lowest BCUT2D eigenvalue weighted by molar-refractivity contribution is -0.118. The van der Waals surface area contributed by atoms with E-state index in [1.165, 1.54) is 22.2 Å². The van der Waals surface area contributed by atoms with Gasteiger partial charge in [0.1, 0.15) is 21.3 Å². The summed E-state index contributed by atoms with van der Waals surface area (Å²) in [6, 6.07) is 8.31. The van der Waals surface area contributed by atoms with E-state index in [4.69, 9.17) is 14.5 Å². The molecule has 0 bridgehead atoms. The number of carbonyl (C=O) groups excluding carboxylic acids is 1. The lowest BCUT2D eigenvalue weighted by Crippen LogP contribution is -2.32. The number of aromatic nitrogens is 3. The van der Waals surface area contributed by atoms with Gasteiger partial charge >= 0.3 is 0 Å². The van der Waals surface area contributed by atoms with Gasteiger partial charge in [0.05, 0.1) is 36.9 Å². The van der Waals surface area contributed by atoms with Gasteiger partial charge in [0.2, 0.25) is 5.91 Å². The van der Waals surface area contributed by atoms with Gasteiger partial charge in [0.15, 0.2) is 0 Å². The van der Waals surface area contributed by atoms with Crippen molar-refractivity contribution >= 4 is 43.4 Å². The topological polar surface area (TPSA) is 95.3 Å². The number of ether oxygens (including phenoxy) is 2. The average Bonchev–Trinajstić information content (AvgIpc) is 3.15. The second kappa shape index (κ2) is 7.93. The Bertz CT molecular complexity index is 1440. The highest BCUT2D eigenvalue weighted by Gasteiger charge is 2.28. The van der Waals surface area contributed by atoms with Crippen LogP contribution in [0.1, 0.15) is 38.1 Å². The van der Waals surface area contributed by atoms with E-state index in [9.17, 15) is 9.59 Å². The molecule has 1 aliphatic heterocycles. The molecule has 0 aliphatic carbocycles. The van der Waals surface area contributed by atoms with Crippen LogP contribution >= 0.6 is 11.3 Å². The van der Waals surface area contributed by atoms with Gasteiger partial charge in [-0.1, -0.05) is 0 Å². The van der Waals surface area contributed by atoms with Crippen molar-refractivity contribution in [1.82, 2.24) is 14.5 Å². The molecule has 4 heterocycles. The Labute approximate surface area is 194 Å². The Kier molecular flexibility index (Phi) is 5.18. The summed E-state index contributed by atoms with van der Waals surface area (Å²) >= 11 is 1.32. The molecule has 3 aromatic heterocycles. The number of fused-ring (bicyclic) bond motifs is 4. The first kappa shape index (κ1) is 21.5. The number of hydrogen-bond donors (Lipinski definition) is 1. The summed E-state index contributed by atoms with van der Waals surface area (Å²) in [6.45, 7) is 6.26. The van der Waals surface area contributed by atoms with E-state index < -0.39 is 6.04 Å². The fraction of sp³-hybridized carbons (Fsp3) is 0.333. The summed E-state index contributed by atoms with van der Waals surface area (Å²) in [7, 11) is 1.58. The Morgan fingerprint density at radius 1 is 1.30 bits per heavy atom. The first-order valence-corrected chi connectivity index (χ1v) is 11.5. The summed E-state index contributed by atoms with van der Waals surface area (Å²) in [5, 5.41) is 3.68. The van der Waals surface area contributed by atoms with Gasteiger partial charge in [0, 0.05) is 23.1 Å². The minimum Gasteiger partial charge on any atom is -0.497 e. The van der Waals surface area contributed by atoms with E-state index >= 15 is 0 Å². The highest BCUT2D eigenvalue weighted by atomic mass is 32.1. The van der Waals surface area contributed by atoms with E-state index in [-0.39, 0.29) is 17.1 Å². The van der Waals surface area contributed by atoms with E-state index in [2.05, 4.69) is 10.3 Å². The minimum atomic E-state index is -0.739. The maximum atomic E-state index is 13.3. The van der Waals surface area contributed by atoms with Crippen molar-refractivity contribution in [3.05, 3.63) is 58.3 Å². The number of methoxy groups -OCH3 is 1. The molecule has 0 fully saturated rings. The van der Waals surface area contributed by atoms with Crippen molar-refractivity contribution in [3.63, 3.8) is 0 Å². The molecule has 0 saturated heterocycles. The predicted octanol–water partition coefficient (Wildman–Crippen LogP) is 4.07. The molecule has 0 radical (unpaired) electrons. The molecule has 0 spiro atoms. The largest absolute Gasteiger partial charge is 0.497 e. The zero-order chi connectivity index (χ0) is 23.3. The molecule has 1 aromatic carbocycles. The SMILES string of the molecule is COc1ccc(NC(=O)[C@H](C)n2cnc3c(sc4nc5c(cc43)COC(C)(C)C5)c2=O)cc1. The van der Waals surface area contributed by atoms with Crippen LogP contribution in [-0.2, 0) is 22.6 Å². The van der Waals surface area contributed by atoms with Crippen LogP contribution in [0.4, 0.5) is 5.69 Å². The number of thiophene rings is 1. The third-order valence-corrected chi connectivity index (χ3v) is 7.01. The average molecular weight is 465 g/mol. The van der Waals surface area contributed by atoms with Crippen LogP contribution in [0.2, 0.25) is 0 Å². The molecule has 0 unspecified atom stereocenters. The first-order chi connectivity index (χ1) is 15.8. The number of rotatable bonds is 4. The smallest absolute Gasteiger partial charge is 0.272 e. The molecule has 1 N–H and O–H groups in total. The third kappa shape index (κ3) is 3.87. The second-order valence-electron chi connectivity index (χ2n) is 8.80. The number of carbonyl (C=O) groups is 1. The van der Waals surface area contributed by atoms with Crippen LogP contribution in [-0.4, -0.2) is 33.2 Å². The summed E-state index contributed by atoms with van der Waals surface area (Å²) in [5.74, 6) is 0.389. The number of anilines is 1. The van der Waals surface area contributed by atoms with Crippen molar-refractivity contribution in [2.75, 3.05) is 12.4 Å². The van der Waals surface area contributed by atoms with E-state index in [1.54, 1.807) is 38.3 Å². The fourth-order valence-corrected chi connectivity index (χ4v) is 5.05. The van der Waals surface area contributed by atoms with Crippen molar-refractivity contribution in [2.45, 2.75) is 45.4 Å². The monoisotopic (exact) mass is 464 g/mol. The van der Waals surface area contributed by atoms with Gasteiger partial charge < -0.3 is 14.8 Å². The number of nitrogens with zero attached hydrogens (tertiary/aromatic N) is 3. The normalized spacial score (nSPS) is 15.9. The Morgan fingerprint density at radius 2 is 2.06 bits per heavy atom. The second-order valence-corrected chi connectivity index (χ2v) is 9.80. The number of benzene rings is 1. The Morgan fingerprint density at radius 3 is 2.79 bits per heavy atom. The Hall–Kier alpha value is -3.30. The van der Waals surface area contributed by atoms with Gasteiger partial charge in [-0.3, -0.25) is 14.2 Å².